The van der Waals surface area contributed by atoms with E-state index in [2.05, 4.69) is 35.4 Å². The van der Waals surface area contributed by atoms with Crippen LogP contribution in [0.2, 0.25) is 0 Å². The SMILES string of the molecule is CN=C(NCC(=O)NC(C)(C)C)N1CCN(c2ncccn2)CC1. The van der Waals surface area contributed by atoms with Crippen LogP contribution in [0.3, 0.4) is 0 Å². The fourth-order valence-corrected chi connectivity index (χ4v) is 2.53. The van der Waals surface area contributed by atoms with Crippen molar-refractivity contribution in [1.29, 1.82) is 0 Å². The van der Waals surface area contributed by atoms with Gasteiger partial charge in [0, 0.05) is 51.2 Å². The standard InChI is InChI=1S/C16H27N7O/c1-16(2,3)21-13(24)12-20-14(17-4)22-8-10-23(11-9-22)15-18-6-5-7-19-15/h5-7H,8-12H2,1-4H3,(H,17,20)(H,21,24). The molecule has 0 spiro atoms. The second kappa shape index (κ2) is 7.94. The van der Waals surface area contributed by atoms with Crippen LogP contribution in [0.5, 0.6) is 0 Å². The summed E-state index contributed by atoms with van der Waals surface area (Å²) in [4.78, 5) is 29.1. The zero-order valence-electron chi connectivity index (χ0n) is 14.9. The van der Waals surface area contributed by atoms with E-state index in [0.717, 1.165) is 38.1 Å². The molecule has 2 heterocycles. The molecule has 1 aliphatic heterocycles. The molecule has 8 nitrogen and oxygen atoms in total. The number of carbonyl (C=O) groups excluding carboxylic acids is 1. The van der Waals surface area contributed by atoms with Gasteiger partial charge in [0.2, 0.25) is 11.9 Å². The van der Waals surface area contributed by atoms with E-state index in [4.69, 9.17) is 0 Å². The van der Waals surface area contributed by atoms with Crippen LogP contribution in [0.4, 0.5) is 5.95 Å². The largest absolute Gasteiger partial charge is 0.350 e. The Bertz CT molecular complexity index is 560. The van der Waals surface area contributed by atoms with Crippen LogP contribution < -0.4 is 15.5 Å². The summed E-state index contributed by atoms with van der Waals surface area (Å²) in [5.41, 5.74) is -0.233. The third-order valence-electron chi connectivity index (χ3n) is 3.55. The van der Waals surface area contributed by atoms with E-state index in [0.29, 0.717) is 0 Å². The number of amides is 1. The average Bonchev–Trinajstić information content (AvgIpc) is 2.55. The molecule has 0 bridgehead atoms. The van der Waals surface area contributed by atoms with Crippen LogP contribution in [0.15, 0.2) is 23.5 Å². The Hall–Kier alpha value is -2.38. The number of rotatable bonds is 3. The first-order valence-electron chi connectivity index (χ1n) is 8.17. The molecule has 1 saturated heterocycles. The summed E-state index contributed by atoms with van der Waals surface area (Å²) in [5.74, 6) is 1.46. The predicted molar refractivity (Wildman–Crippen MR) is 95.1 cm³/mol. The van der Waals surface area contributed by atoms with Gasteiger partial charge in [0.1, 0.15) is 0 Å². The molecule has 1 aromatic heterocycles. The highest BCUT2D eigenvalue weighted by atomic mass is 16.2. The second-order valence-electron chi connectivity index (χ2n) is 6.72. The molecule has 0 atom stereocenters. The van der Waals surface area contributed by atoms with Gasteiger partial charge in [-0.05, 0) is 26.8 Å². The number of piperazine rings is 1. The summed E-state index contributed by atoms with van der Waals surface area (Å²) in [6, 6.07) is 1.81. The number of guanidine groups is 1. The second-order valence-corrected chi connectivity index (χ2v) is 6.72. The molecule has 24 heavy (non-hydrogen) atoms. The first-order chi connectivity index (χ1) is 11.4. The maximum atomic E-state index is 11.9. The monoisotopic (exact) mass is 333 g/mol. The van der Waals surface area contributed by atoms with Gasteiger partial charge in [-0.25, -0.2) is 9.97 Å². The van der Waals surface area contributed by atoms with E-state index in [-0.39, 0.29) is 18.0 Å². The quantitative estimate of drug-likeness (QED) is 0.602. The van der Waals surface area contributed by atoms with Crippen molar-refractivity contribution in [3.63, 3.8) is 0 Å². The van der Waals surface area contributed by atoms with E-state index >= 15 is 0 Å². The lowest BCUT2D eigenvalue weighted by atomic mass is 10.1. The van der Waals surface area contributed by atoms with Crippen molar-refractivity contribution < 1.29 is 4.79 Å². The lowest BCUT2D eigenvalue weighted by Gasteiger charge is -2.36. The van der Waals surface area contributed by atoms with Crippen molar-refractivity contribution in [3.05, 3.63) is 18.5 Å². The summed E-state index contributed by atoms with van der Waals surface area (Å²) < 4.78 is 0. The van der Waals surface area contributed by atoms with Gasteiger partial charge in [0.25, 0.3) is 0 Å². The van der Waals surface area contributed by atoms with Gasteiger partial charge in [-0.2, -0.15) is 0 Å². The zero-order valence-corrected chi connectivity index (χ0v) is 14.9. The first kappa shape index (κ1) is 18.0. The summed E-state index contributed by atoms with van der Waals surface area (Å²) >= 11 is 0. The molecule has 1 fully saturated rings. The van der Waals surface area contributed by atoms with Gasteiger partial charge in [-0.15, -0.1) is 0 Å². The van der Waals surface area contributed by atoms with Crippen molar-refractivity contribution in [2.75, 3.05) is 44.7 Å². The molecule has 1 aliphatic rings. The molecule has 8 heteroatoms. The van der Waals surface area contributed by atoms with E-state index in [9.17, 15) is 4.79 Å². The highest BCUT2D eigenvalue weighted by Crippen LogP contribution is 2.09. The van der Waals surface area contributed by atoms with Gasteiger partial charge in [-0.1, -0.05) is 0 Å². The summed E-state index contributed by atoms with van der Waals surface area (Å²) in [7, 11) is 1.73. The Kier molecular flexibility index (Phi) is 5.94. The van der Waals surface area contributed by atoms with Crippen LogP contribution >= 0.6 is 0 Å². The van der Waals surface area contributed by atoms with Gasteiger partial charge in [0.15, 0.2) is 5.96 Å². The van der Waals surface area contributed by atoms with Crippen LogP contribution in [0, 0.1) is 0 Å². The van der Waals surface area contributed by atoms with Crippen LogP contribution in [-0.2, 0) is 4.79 Å². The Morgan fingerprint density at radius 2 is 1.83 bits per heavy atom. The minimum atomic E-state index is -0.233. The van der Waals surface area contributed by atoms with Crippen molar-refractivity contribution in [2.45, 2.75) is 26.3 Å². The summed E-state index contributed by atoms with van der Waals surface area (Å²) in [6.45, 7) is 9.35. The zero-order chi connectivity index (χ0) is 17.6. The van der Waals surface area contributed by atoms with Gasteiger partial charge >= 0.3 is 0 Å². The number of hydrogen-bond acceptors (Lipinski definition) is 5. The minimum absolute atomic E-state index is 0.0417. The molecule has 0 unspecified atom stereocenters. The van der Waals surface area contributed by atoms with E-state index in [1.165, 1.54) is 0 Å². The molecule has 1 amide bonds. The average molecular weight is 333 g/mol. The number of aliphatic imine (C=N–C) groups is 1. The normalized spacial score (nSPS) is 16.1. The van der Waals surface area contributed by atoms with Crippen molar-refractivity contribution in [2.24, 2.45) is 4.99 Å². The van der Waals surface area contributed by atoms with Gasteiger partial charge in [0.05, 0.1) is 6.54 Å². The number of nitrogens with one attached hydrogen (secondary N) is 2. The van der Waals surface area contributed by atoms with Crippen molar-refractivity contribution >= 4 is 17.8 Å². The molecule has 1 aromatic rings. The third-order valence-corrected chi connectivity index (χ3v) is 3.55. The number of anilines is 1. The number of aromatic nitrogens is 2. The minimum Gasteiger partial charge on any atom is -0.350 e. The maximum Gasteiger partial charge on any atom is 0.239 e. The smallest absolute Gasteiger partial charge is 0.239 e. The van der Waals surface area contributed by atoms with Gasteiger partial charge < -0.3 is 20.4 Å². The molecule has 2 N–H and O–H groups in total. The van der Waals surface area contributed by atoms with Crippen LogP contribution in [-0.4, -0.2) is 72.0 Å². The predicted octanol–water partition coefficient (Wildman–Crippen LogP) is 0.0887. The Balaban J connectivity index is 1.82. The molecule has 0 aromatic carbocycles. The number of carbonyl (C=O) groups is 1. The van der Waals surface area contributed by atoms with Crippen molar-refractivity contribution in [3.8, 4) is 0 Å². The molecular formula is C16H27N7O. The van der Waals surface area contributed by atoms with E-state index in [1.54, 1.807) is 19.4 Å². The summed E-state index contributed by atoms with van der Waals surface area (Å²) in [5, 5.41) is 6.06. The van der Waals surface area contributed by atoms with E-state index < -0.39 is 0 Å². The molecule has 132 valence electrons. The molecule has 0 aliphatic carbocycles. The highest BCUT2D eigenvalue weighted by molar-refractivity contribution is 5.86. The number of nitrogens with zero attached hydrogens (tertiary/aromatic N) is 5. The first-order valence-corrected chi connectivity index (χ1v) is 8.17. The Morgan fingerprint density at radius 3 is 2.38 bits per heavy atom. The van der Waals surface area contributed by atoms with Crippen molar-refractivity contribution in [1.82, 2.24) is 25.5 Å². The maximum absolute atomic E-state index is 11.9. The molecule has 0 radical (unpaired) electrons. The topological polar surface area (TPSA) is 85.8 Å². The van der Waals surface area contributed by atoms with Crippen LogP contribution in [0.1, 0.15) is 20.8 Å². The lowest BCUT2D eigenvalue weighted by Crippen LogP contribution is -2.54. The van der Waals surface area contributed by atoms with Gasteiger partial charge in [-0.3, -0.25) is 9.79 Å². The summed E-state index contributed by atoms with van der Waals surface area (Å²) in [6.07, 6.45) is 3.51. The molecular weight excluding hydrogens is 306 g/mol. The highest BCUT2D eigenvalue weighted by Gasteiger charge is 2.21. The number of hydrogen-bond donors (Lipinski definition) is 2. The fourth-order valence-electron chi connectivity index (χ4n) is 2.53. The van der Waals surface area contributed by atoms with Crippen LogP contribution in [0.25, 0.3) is 0 Å². The molecule has 0 saturated carbocycles. The van der Waals surface area contributed by atoms with E-state index in [1.807, 2.05) is 26.8 Å². The Labute approximate surface area is 143 Å². The third kappa shape index (κ3) is 5.36. The Morgan fingerprint density at radius 1 is 1.21 bits per heavy atom. The fraction of sp³-hybridized carbons (Fsp3) is 0.625. The lowest BCUT2D eigenvalue weighted by molar-refractivity contribution is -0.121. The molecule has 2 rings (SSSR count).